The Morgan fingerprint density at radius 3 is 2.63 bits per heavy atom. The molecule has 0 unspecified atom stereocenters. The molecule has 5 heteroatoms. The highest BCUT2D eigenvalue weighted by Crippen LogP contribution is 2.67. The molecule has 4 aliphatic carbocycles. The third-order valence-corrected chi connectivity index (χ3v) is 14.3. The molecule has 9 rings (SSSR count). The number of rotatable bonds is 0. The van der Waals surface area contributed by atoms with Gasteiger partial charge in [0.05, 0.1) is 11.1 Å². The second-order valence-electron chi connectivity index (χ2n) is 15.7. The van der Waals surface area contributed by atoms with Crippen molar-refractivity contribution in [3.8, 4) is 0 Å². The summed E-state index contributed by atoms with van der Waals surface area (Å²) in [6.45, 7) is 8.10. The summed E-state index contributed by atoms with van der Waals surface area (Å²) >= 11 is 0. The van der Waals surface area contributed by atoms with E-state index in [2.05, 4.69) is 30.1 Å². The predicted octanol–water partition coefficient (Wildman–Crippen LogP) is 6.44. The smallest absolute Gasteiger partial charge is 0.341 e. The van der Waals surface area contributed by atoms with Gasteiger partial charge in [-0.3, -0.25) is 4.79 Å². The Labute approximate surface area is 243 Å². The molecule has 0 bridgehead atoms. The molecule has 0 amide bonds. The van der Waals surface area contributed by atoms with Gasteiger partial charge in [0.15, 0.2) is 0 Å². The summed E-state index contributed by atoms with van der Waals surface area (Å²) in [5.41, 5.74) is 7.27. The summed E-state index contributed by atoms with van der Waals surface area (Å²) in [4.78, 5) is 29.5. The van der Waals surface area contributed by atoms with E-state index in [-0.39, 0.29) is 16.6 Å². The zero-order valence-corrected chi connectivity index (χ0v) is 25.1. The number of anilines is 1. The minimum atomic E-state index is -0.259. The molecule has 7 aliphatic rings. The van der Waals surface area contributed by atoms with Gasteiger partial charge in [0.2, 0.25) is 0 Å². The quantitative estimate of drug-likeness (QED) is 0.380. The first-order chi connectivity index (χ1) is 19.8. The van der Waals surface area contributed by atoms with Crippen LogP contribution in [-0.2, 0) is 29.6 Å². The van der Waals surface area contributed by atoms with Crippen molar-refractivity contribution >= 4 is 22.4 Å². The molecular formula is C36H46N2O3. The van der Waals surface area contributed by atoms with E-state index in [0.717, 1.165) is 94.5 Å². The second kappa shape index (κ2) is 8.49. The van der Waals surface area contributed by atoms with Crippen LogP contribution in [0.2, 0.25) is 0 Å². The summed E-state index contributed by atoms with van der Waals surface area (Å²) in [5, 5.41) is 5.21. The van der Waals surface area contributed by atoms with Gasteiger partial charge in [-0.25, -0.2) is 4.79 Å². The molecule has 1 aromatic heterocycles. The molecule has 3 aliphatic heterocycles. The van der Waals surface area contributed by atoms with Crippen LogP contribution in [0.4, 0.5) is 5.69 Å². The minimum absolute atomic E-state index is 0.0559. The number of nitrogens with zero attached hydrogens (tertiary/aromatic N) is 1. The Morgan fingerprint density at radius 1 is 0.902 bits per heavy atom. The maximum atomic E-state index is 14.1. The number of aryl methyl sites for hydroxylation is 2. The zero-order valence-electron chi connectivity index (χ0n) is 25.1. The lowest BCUT2D eigenvalue weighted by atomic mass is 9.43. The fourth-order valence-electron chi connectivity index (χ4n) is 12.3. The molecule has 1 spiro atoms. The monoisotopic (exact) mass is 554 g/mol. The standard InChI is InChI=1S/C36H46N2O3/c1-34-14-15-36(20-22(34)7-8-24-27-9-10-29(39)35(27,2)13-11-28(24)34)30-23(12-16-37-36)26-19-21-5-3-17-38-18-4-6-25(31(21)38)32(26)41-33(30)40/h19,22,24,27-28,37H,3-18,20H2,1-2H3/t22-,24-,27-,28-,34-,35-,36+/m0/s1. The van der Waals surface area contributed by atoms with Crippen molar-refractivity contribution in [2.24, 2.45) is 34.5 Å². The molecule has 4 heterocycles. The van der Waals surface area contributed by atoms with E-state index in [1.165, 1.54) is 59.9 Å². The molecule has 41 heavy (non-hydrogen) atoms. The Morgan fingerprint density at radius 2 is 1.76 bits per heavy atom. The molecule has 2 aromatic rings. The molecular weight excluding hydrogens is 508 g/mol. The van der Waals surface area contributed by atoms with Crippen LogP contribution in [0.1, 0.15) is 107 Å². The first-order valence-corrected chi connectivity index (χ1v) is 17.0. The Balaban J connectivity index is 1.11. The summed E-state index contributed by atoms with van der Waals surface area (Å²) in [6, 6.07) is 2.42. The molecule has 4 fully saturated rings. The van der Waals surface area contributed by atoms with Crippen LogP contribution in [0.3, 0.4) is 0 Å². The van der Waals surface area contributed by atoms with E-state index in [1.54, 1.807) is 0 Å². The Kier molecular flexibility index (Phi) is 5.25. The summed E-state index contributed by atoms with van der Waals surface area (Å²) in [6.07, 6.45) is 15.4. The number of carbonyl (C=O) groups excluding carboxylic acids is 1. The average Bonchev–Trinajstić information content (AvgIpc) is 3.28. The third kappa shape index (κ3) is 3.23. The van der Waals surface area contributed by atoms with E-state index in [0.29, 0.717) is 29.0 Å². The fourth-order valence-corrected chi connectivity index (χ4v) is 12.3. The van der Waals surface area contributed by atoms with Gasteiger partial charge >= 0.3 is 5.63 Å². The molecule has 0 saturated heterocycles. The van der Waals surface area contributed by atoms with E-state index in [1.807, 2.05) is 0 Å². The molecule has 1 N–H and O–H groups in total. The van der Waals surface area contributed by atoms with Gasteiger partial charge in [-0.05, 0) is 130 Å². The van der Waals surface area contributed by atoms with E-state index < -0.39 is 0 Å². The highest BCUT2D eigenvalue weighted by molar-refractivity contribution is 5.91. The van der Waals surface area contributed by atoms with Crippen molar-refractivity contribution in [2.75, 3.05) is 24.5 Å². The van der Waals surface area contributed by atoms with Crippen molar-refractivity contribution in [2.45, 2.75) is 109 Å². The lowest BCUT2D eigenvalue weighted by molar-refractivity contribution is -0.142. The number of fused-ring (bicyclic) bond motifs is 10. The lowest BCUT2D eigenvalue weighted by Crippen LogP contribution is -2.60. The summed E-state index contributed by atoms with van der Waals surface area (Å²) in [5.74, 6) is 3.18. The highest BCUT2D eigenvalue weighted by Gasteiger charge is 2.62. The van der Waals surface area contributed by atoms with Gasteiger partial charge in [-0.2, -0.15) is 0 Å². The number of hydrogen-bond donors (Lipinski definition) is 1. The topological polar surface area (TPSA) is 62.6 Å². The molecule has 4 saturated carbocycles. The van der Waals surface area contributed by atoms with Gasteiger partial charge in [0.1, 0.15) is 11.4 Å². The Bertz CT molecular complexity index is 1540. The lowest BCUT2D eigenvalue weighted by Gasteiger charge is -2.62. The number of nitrogens with one attached hydrogen (secondary N) is 1. The first-order valence-electron chi connectivity index (χ1n) is 17.0. The number of Topliss-reactive ketones (excluding diaryl/α,β-unsaturated/α-hetero) is 1. The molecule has 1 aromatic carbocycles. The van der Waals surface area contributed by atoms with E-state index in [4.69, 9.17) is 4.42 Å². The summed E-state index contributed by atoms with van der Waals surface area (Å²) < 4.78 is 6.42. The number of hydrogen-bond acceptors (Lipinski definition) is 5. The van der Waals surface area contributed by atoms with Crippen molar-refractivity contribution in [3.63, 3.8) is 0 Å². The largest absolute Gasteiger partial charge is 0.422 e. The van der Waals surface area contributed by atoms with Crippen molar-refractivity contribution in [3.05, 3.63) is 38.7 Å². The maximum Gasteiger partial charge on any atom is 0.341 e. The summed E-state index contributed by atoms with van der Waals surface area (Å²) in [7, 11) is 0. The molecule has 0 radical (unpaired) electrons. The van der Waals surface area contributed by atoms with Crippen LogP contribution in [0.25, 0.3) is 11.0 Å². The van der Waals surface area contributed by atoms with Crippen LogP contribution in [0.5, 0.6) is 0 Å². The maximum absolute atomic E-state index is 14.1. The van der Waals surface area contributed by atoms with E-state index >= 15 is 0 Å². The normalized spacial score (nSPS) is 41.0. The van der Waals surface area contributed by atoms with E-state index in [9.17, 15) is 9.59 Å². The number of benzene rings is 1. The average molecular weight is 555 g/mol. The van der Waals surface area contributed by atoms with Gasteiger partial charge in [0, 0.05) is 48.1 Å². The van der Waals surface area contributed by atoms with Gasteiger partial charge in [0.25, 0.3) is 0 Å². The molecule has 7 atom stereocenters. The Hall–Kier alpha value is -2.14. The van der Waals surface area contributed by atoms with Crippen molar-refractivity contribution in [1.82, 2.24) is 5.32 Å². The second-order valence-corrected chi connectivity index (χ2v) is 15.7. The third-order valence-electron chi connectivity index (χ3n) is 14.3. The minimum Gasteiger partial charge on any atom is -0.422 e. The molecule has 5 nitrogen and oxygen atoms in total. The van der Waals surface area contributed by atoms with Gasteiger partial charge < -0.3 is 14.6 Å². The van der Waals surface area contributed by atoms with Crippen LogP contribution in [0, 0.1) is 34.5 Å². The SMILES string of the molecule is C[C@]12CC[C@]3(C[C@@H]1CC[C@@H]1[C@@H]2CC[C@]2(C)C(=O)CC[C@@H]12)NCCc1c3c(=O)oc2c3c4c(cc12)CCCN4CCC3. The van der Waals surface area contributed by atoms with Crippen molar-refractivity contribution < 1.29 is 9.21 Å². The molecule has 218 valence electrons. The van der Waals surface area contributed by atoms with Gasteiger partial charge in [-0.1, -0.05) is 13.8 Å². The fraction of sp³-hybridized carbons (Fsp3) is 0.722. The van der Waals surface area contributed by atoms with Crippen molar-refractivity contribution in [1.29, 1.82) is 0 Å². The highest BCUT2D eigenvalue weighted by atomic mass is 16.4. The first kappa shape index (κ1) is 25.4. The van der Waals surface area contributed by atoms with Gasteiger partial charge in [-0.15, -0.1) is 0 Å². The predicted molar refractivity (Wildman–Crippen MR) is 161 cm³/mol. The van der Waals surface area contributed by atoms with Crippen LogP contribution in [0.15, 0.2) is 15.3 Å². The zero-order chi connectivity index (χ0) is 27.7. The van der Waals surface area contributed by atoms with Crippen LogP contribution in [-0.4, -0.2) is 25.4 Å². The number of carbonyl (C=O) groups is 1. The van der Waals surface area contributed by atoms with Crippen LogP contribution >= 0.6 is 0 Å². The number of ketones is 1. The van der Waals surface area contributed by atoms with Crippen LogP contribution < -0.4 is 15.8 Å².